The molecule has 192 valence electrons. The number of allylic oxidation sites excluding steroid dienone is 1. The molecule has 0 fully saturated rings. The number of hydrogen-bond donors (Lipinski definition) is 2. The lowest BCUT2D eigenvalue weighted by molar-refractivity contribution is -0.137. The summed E-state index contributed by atoms with van der Waals surface area (Å²) < 4.78 is 1.40. The van der Waals surface area contributed by atoms with Crippen LogP contribution >= 0.6 is 0 Å². The van der Waals surface area contributed by atoms with Crippen molar-refractivity contribution in [3.8, 4) is 0 Å². The first-order valence-corrected chi connectivity index (χ1v) is 12.1. The van der Waals surface area contributed by atoms with Crippen molar-refractivity contribution in [2.75, 3.05) is 0 Å². The first kappa shape index (κ1) is 28.5. The van der Waals surface area contributed by atoms with Gasteiger partial charge in [0, 0.05) is 24.7 Å². The van der Waals surface area contributed by atoms with Gasteiger partial charge >= 0.3 is 5.97 Å². The molecular weight excluding hydrogens is 454 g/mol. The predicted octanol–water partition coefficient (Wildman–Crippen LogP) is 5.01. The highest BCUT2D eigenvalue weighted by atomic mass is 16.4. The van der Waals surface area contributed by atoms with Gasteiger partial charge in [0.2, 0.25) is 5.91 Å². The minimum absolute atomic E-state index is 0.134. The third-order valence-electron chi connectivity index (χ3n) is 5.96. The average Bonchev–Trinajstić information content (AvgIpc) is 2.76. The molecule has 2 aromatic rings. The van der Waals surface area contributed by atoms with Gasteiger partial charge in [-0.3, -0.25) is 19.4 Å². The first-order chi connectivity index (χ1) is 16.9. The summed E-state index contributed by atoms with van der Waals surface area (Å²) in [6.45, 7) is 15.7. The summed E-state index contributed by atoms with van der Waals surface area (Å²) in [6.07, 6.45) is 4.85. The van der Waals surface area contributed by atoms with Crippen LogP contribution < -0.4 is 10.9 Å². The number of carbonyl (C=O) groups is 2. The third-order valence-corrected chi connectivity index (χ3v) is 5.96. The fourth-order valence-electron chi connectivity index (χ4n) is 4.19. The van der Waals surface area contributed by atoms with E-state index in [-0.39, 0.29) is 17.9 Å². The highest BCUT2D eigenvalue weighted by Crippen LogP contribution is 2.22. The molecule has 1 amide bonds. The van der Waals surface area contributed by atoms with Gasteiger partial charge in [-0.25, -0.2) is 0 Å². The molecule has 0 spiro atoms. The number of aliphatic carboxylic acids is 1. The molecule has 0 aliphatic heterocycles. The molecule has 0 saturated carbocycles. The Labute approximate surface area is 213 Å². The minimum atomic E-state index is -1.08. The SMILES string of the molecule is C=C(/C=N\C=C(/C)c1c(C)cccc1C)[C@@H](CC(=O)O)NC(=O)C(CC(C)C)n1ccc(C)cc1=O. The average molecular weight is 492 g/mol. The van der Waals surface area contributed by atoms with Crippen molar-refractivity contribution in [2.24, 2.45) is 10.9 Å². The zero-order valence-electron chi connectivity index (χ0n) is 22.0. The predicted molar refractivity (Wildman–Crippen MR) is 145 cm³/mol. The molecule has 7 heteroatoms. The van der Waals surface area contributed by atoms with Crippen molar-refractivity contribution in [1.29, 1.82) is 0 Å². The fraction of sp³-hybridized carbons (Fsp3) is 0.379. The number of aromatic nitrogens is 1. The van der Waals surface area contributed by atoms with Crippen LogP contribution in [-0.2, 0) is 9.59 Å². The van der Waals surface area contributed by atoms with Crippen molar-refractivity contribution < 1.29 is 14.7 Å². The number of amides is 1. The lowest BCUT2D eigenvalue weighted by atomic mass is 9.97. The number of aliphatic imine (C=N–C) groups is 1. The van der Waals surface area contributed by atoms with E-state index in [9.17, 15) is 19.5 Å². The van der Waals surface area contributed by atoms with Crippen LogP contribution in [0.25, 0.3) is 5.57 Å². The van der Waals surface area contributed by atoms with Crippen LogP contribution in [-0.4, -0.2) is 33.8 Å². The van der Waals surface area contributed by atoms with Crippen molar-refractivity contribution in [2.45, 2.75) is 66.5 Å². The molecule has 0 aliphatic rings. The molecule has 0 aliphatic carbocycles. The Balaban J connectivity index is 2.28. The van der Waals surface area contributed by atoms with E-state index in [1.165, 1.54) is 16.8 Å². The summed E-state index contributed by atoms with van der Waals surface area (Å²) in [7, 11) is 0. The van der Waals surface area contributed by atoms with Crippen LogP contribution in [0.5, 0.6) is 0 Å². The minimum Gasteiger partial charge on any atom is -0.481 e. The van der Waals surface area contributed by atoms with Gasteiger partial charge in [-0.2, -0.15) is 0 Å². The normalized spacial score (nSPS) is 13.6. The molecule has 0 radical (unpaired) electrons. The third kappa shape index (κ3) is 7.90. The number of pyridine rings is 1. The highest BCUT2D eigenvalue weighted by molar-refractivity contribution is 5.87. The summed E-state index contributed by atoms with van der Waals surface area (Å²) in [5.74, 6) is -1.38. The van der Waals surface area contributed by atoms with Gasteiger partial charge in [-0.1, -0.05) is 38.6 Å². The van der Waals surface area contributed by atoms with E-state index in [0.717, 1.165) is 27.8 Å². The van der Waals surface area contributed by atoms with Crippen molar-refractivity contribution in [3.05, 3.63) is 87.5 Å². The van der Waals surface area contributed by atoms with Crippen molar-refractivity contribution >= 4 is 23.7 Å². The molecule has 1 unspecified atom stereocenters. The summed E-state index contributed by atoms with van der Waals surface area (Å²) in [5.41, 5.74) is 5.22. The molecular formula is C29H37N3O4. The number of carbonyl (C=O) groups excluding carboxylic acids is 1. The second-order valence-electron chi connectivity index (χ2n) is 9.69. The van der Waals surface area contributed by atoms with Crippen molar-refractivity contribution in [1.82, 2.24) is 9.88 Å². The fourth-order valence-corrected chi connectivity index (χ4v) is 4.19. The van der Waals surface area contributed by atoms with Crippen LogP contribution in [0.15, 0.2) is 64.7 Å². The van der Waals surface area contributed by atoms with Gasteiger partial charge in [0.15, 0.2) is 0 Å². The first-order valence-electron chi connectivity index (χ1n) is 12.1. The molecule has 7 nitrogen and oxygen atoms in total. The van der Waals surface area contributed by atoms with E-state index < -0.39 is 24.0 Å². The maximum absolute atomic E-state index is 13.3. The Hall–Kier alpha value is -3.74. The van der Waals surface area contributed by atoms with Crippen LogP contribution in [0.4, 0.5) is 0 Å². The molecule has 1 aromatic carbocycles. The van der Waals surface area contributed by atoms with Gasteiger partial charge in [0.25, 0.3) is 5.56 Å². The lowest BCUT2D eigenvalue weighted by Gasteiger charge is -2.25. The van der Waals surface area contributed by atoms with Crippen LogP contribution in [0.3, 0.4) is 0 Å². The van der Waals surface area contributed by atoms with Gasteiger partial charge in [-0.05, 0) is 79.5 Å². The van der Waals surface area contributed by atoms with Crippen LogP contribution in [0, 0.1) is 26.7 Å². The summed E-state index contributed by atoms with van der Waals surface area (Å²) in [6, 6.07) is 7.68. The molecule has 1 heterocycles. The lowest BCUT2D eigenvalue weighted by Crippen LogP contribution is -2.44. The van der Waals surface area contributed by atoms with Crippen molar-refractivity contribution in [3.63, 3.8) is 0 Å². The van der Waals surface area contributed by atoms with E-state index in [1.807, 2.05) is 59.7 Å². The number of rotatable bonds is 11. The number of nitrogens with zero attached hydrogens (tertiary/aromatic N) is 2. The summed E-state index contributed by atoms with van der Waals surface area (Å²) in [5, 5.41) is 12.2. The highest BCUT2D eigenvalue weighted by Gasteiger charge is 2.26. The number of carboxylic acids is 1. The molecule has 1 aromatic heterocycles. The van der Waals surface area contributed by atoms with Gasteiger partial charge in [-0.15, -0.1) is 0 Å². The Morgan fingerprint density at radius 1 is 1.17 bits per heavy atom. The van der Waals surface area contributed by atoms with E-state index in [2.05, 4.69) is 16.9 Å². The molecule has 2 N–H and O–H groups in total. The Morgan fingerprint density at radius 2 is 1.81 bits per heavy atom. The van der Waals surface area contributed by atoms with E-state index in [0.29, 0.717) is 12.0 Å². The summed E-state index contributed by atoms with van der Waals surface area (Å²) >= 11 is 0. The largest absolute Gasteiger partial charge is 0.481 e. The molecule has 36 heavy (non-hydrogen) atoms. The smallest absolute Gasteiger partial charge is 0.305 e. The zero-order valence-corrected chi connectivity index (χ0v) is 22.0. The second-order valence-corrected chi connectivity index (χ2v) is 9.69. The van der Waals surface area contributed by atoms with Crippen LogP contribution in [0.1, 0.15) is 61.9 Å². The van der Waals surface area contributed by atoms with Gasteiger partial charge < -0.3 is 15.0 Å². The number of aryl methyl sites for hydroxylation is 3. The number of benzene rings is 1. The monoisotopic (exact) mass is 491 g/mol. The standard InChI is InChI=1S/C29H37N3O4/c1-18(2)13-25(32-12-11-19(3)14-26(32)33)29(36)31-24(15-27(34)35)22(6)16-30-17-23(7)28-20(4)9-8-10-21(28)5/h8-12,14,16-18,24-25H,6,13,15H2,1-5,7H3,(H,31,36)(H,34,35)/b23-17+,30-16-/t24-,25?/m1/s1. The molecule has 2 atom stereocenters. The Bertz CT molecular complexity index is 1220. The van der Waals surface area contributed by atoms with Crippen LogP contribution in [0.2, 0.25) is 0 Å². The quantitative estimate of drug-likeness (QED) is 0.432. The molecule has 0 saturated heterocycles. The zero-order chi connectivity index (χ0) is 27.0. The van der Waals surface area contributed by atoms with E-state index in [4.69, 9.17) is 0 Å². The number of carboxylic acid groups (broad SMARTS) is 1. The van der Waals surface area contributed by atoms with E-state index in [1.54, 1.807) is 18.5 Å². The Kier molecular flexibility index (Phi) is 10.1. The van der Waals surface area contributed by atoms with Gasteiger partial charge in [0.05, 0.1) is 12.5 Å². The second kappa shape index (κ2) is 12.8. The van der Waals surface area contributed by atoms with E-state index >= 15 is 0 Å². The van der Waals surface area contributed by atoms with Gasteiger partial charge in [0.1, 0.15) is 6.04 Å². The maximum atomic E-state index is 13.3. The number of nitrogens with one attached hydrogen (secondary N) is 1. The Morgan fingerprint density at radius 3 is 2.36 bits per heavy atom. The molecule has 2 rings (SSSR count). The maximum Gasteiger partial charge on any atom is 0.305 e. The summed E-state index contributed by atoms with van der Waals surface area (Å²) in [4.78, 5) is 41.8. The topological polar surface area (TPSA) is 101 Å². The number of hydrogen-bond acceptors (Lipinski definition) is 4. The molecule has 0 bridgehead atoms.